The van der Waals surface area contributed by atoms with Crippen LogP contribution in [0.3, 0.4) is 0 Å². The molecule has 0 aromatic carbocycles. The predicted octanol–water partition coefficient (Wildman–Crippen LogP) is 1.62. The summed E-state index contributed by atoms with van der Waals surface area (Å²) in [7, 11) is -0.228. The fraction of sp³-hybridized carbons (Fsp3) is 0.588. The molecule has 0 unspecified atom stereocenters. The molecule has 2 N–H and O–H groups in total. The number of aromatic nitrogens is 4. The lowest BCUT2D eigenvalue weighted by Gasteiger charge is -2.33. The third-order valence-electron chi connectivity index (χ3n) is 4.62. The second-order valence-electron chi connectivity index (χ2n) is 7.21. The van der Waals surface area contributed by atoms with Gasteiger partial charge in [0.15, 0.2) is 5.82 Å². The summed E-state index contributed by atoms with van der Waals surface area (Å²) in [6.45, 7) is 4.88. The van der Waals surface area contributed by atoms with Gasteiger partial charge in [-0.3, -0.25) is 5.10 Å². The SMILES string of the molecule is Cc1nc(C[C@H]2CCCN(S(=O)(=O)N(C)C)C2)cc(Nc2cc(C)[nH]n2)n1. The average molecular weight is 394 g/mol. The summed E-state index contributed by atoms with van der Waals surface area (Å²) >= 11 is 0. The first-order valence-corrected chi connectivity index (χ1v) is 10.4. The lowest BCUT2D eigenvalue weighted by Crippen LogP contribution is -2.45. The monoisotopic (exact) mass is 393 g/mol. The van der Waals surface area contributed by atoms with E-state index in [1.54, 1.807) is 18.4 Å². The number of aromatic amines is 1. The second-order valence-corrected chi connectivity index (χ2v) is 9.36. The maximum absolute atomic E-state index is 12.4. The molecule has 0 radical (unpaired) electrons. The van der Waals surface area contributed by atoms with Crippen molar-refractivity contribution in [2.24, 2.45) is 5.92 Å². The van der Waals surface area contributed by atoms with Crippen LogP contribution in [-0.4, -0.2) is 64.4 Å². The average Bonchev–Trinajstić information content (AvgIpc) is 2.99. The molecule has 1 saturated heterocycles. The van der Waals surface area contributed by atoms with Gasteiger partial charge in [-0.25, -0.2) is 9.97 Å². The Morgan fingerprint density at radius 2 is 2.04 bits per heavy atom. The second kappa shape index (κ2) is 7.91. The minimum atomic E-state index is -3.37. The molecule has 1 fully saturated rings. The Morgan fingerprint density at radius 3 is 2.70 bits per heavy atom. The zero-order valence-corrected chi connectivity index (χ0v) is 17.0. The summed E-state index contributed by atoms with van der Waals surface area (Å²) in [5.41, 5.74) is 1.87. The van der Waals surface area contributed by atoms with Crippen molar-refractivity contribution < 1.29 is 8.42 Å². The first kappa shape index (κ1) is 19.7. The van der Waals surface area contributed by atoms with Crippen molar-refractivity contribution in [3.63, 3.8) is 0 Å². The molecule has 2 aromatic heterocycles. The van der Waals surface area contributed by atoms with Crippen LogP contribution in [-0.2, 0) is 16.6 Å². The molecule has 3 heterocycles. The van der Waals surface area contributed by atoms with E-state index in [2.05, 4.69) is 25.5 Å². The standard InChI is InChI=1S/C17H27N7O2S/c1-12-8-17(22-21-12)20-16-10-15(18-13(2)19-16)9-14-6-5-7-24(11-14)27(25,26)23(3)4/h8,10,14H,5-7,9,11H2,1-4H3,(H2,18,19,20,21,22)/t14-/m1/s1. The molecular weight excluding hydrogens is 366 g/mol. The fourth-order valence-electron chi connectivity index (χ4n) is 3.34. The lowest BCUT2D eigenvalue weighted by molar-refractivity contribution is 0.253. The zero-order chi connectivity index (χ0) is 19.6. The molecule has 0 bridgehead atoms. The predicted molar refractivity (Wildman–Crippen MR) is 104 cm³/mol. The van der Waals surface area contributed by atoms with E-state index in [9.17, 15) is 8.42 Å². The molecule has 148 valence electrons. The van der Waals surface area contributed by atoms with E-state index in [0.29, 0.717) is 30.5 Å². The van der Waals surface area contributed by atoms with E-state index < -0.39 is 10.2 Å². The van der Waals surface area contributed by atoms with Gasteiger partial charge in [0.25, 0.3) is 10.2 Å². The van der Waals surface area contributed by atoms with Crippen LogP contribution in [0.2, 0.25) is 0 Å². The first-order chi connectivity index (χ1) is 12.7. The van der Waals surface area contributed by atoms with E-state index >= 15 is 0 Å². The van der Waals surface area contributed by atoms with E-state index in [-0.39, 0.29) is 5.92 Å². The summed E-state index contributed by atoms with van der Waals surface area (Å²) < 4.78 is 27.7. The topological polar surface area (TPSA) is 107 Å². The molecule has 0 spiro atoms. The van der Waals surface area contributed by atoms with Crippen LogP contribution in [0.15, 0.2) is 12.1 Å². The highest BCUT2D eigenvalue weighted by Crippen LogP contribution is 2.24. The van der Waals surface area contributed by atoms with E-state index in [0.717, 1.165) is 30.7 Å². The van der Waals surface area contributed by atoms with Gasteiger partial charge < -0.3 is 5.32 Å². The fourth-order valence-corrected chi connectivity index (χ4v) is 4.56. The molecule has 1 aliphatic rings. The zero-order valence-electron chi connectivity index (χ0n) is 16.2. The van der Waals surface area contributed by atoms with E-state index in [4.69, 9.17) is 0 Å². The minimum Gasteiger partial charge on any atom is -0.323 e. The van der Waals surface area contributed by atoms with Crippen LogP contribution in [0, 0.1) is 19.8 Å². The normalized spacial score (nSPS) is 18.8. The van der Waals surface area contributed by atoms with Gasteiger partial charge in [0.2, 0.25) is 0 Å². The van der Waals surface area contributed by atoms with Crippen molar-refractivity contribution >= 4 is 21.8 Å². The van der Waals surface area contributed by atoms with Crippen LogP contribution in [0.1, 0.15) is 30.1 Å². The Bertz CT molecular complexity index is 894. The third-order valence-corrected chi connectivity index (χ3v) is 6.53. The van der Waals surface area contributed by atoms with Crippen LogP contribution in [0.5, 0.6) is 0 Å². The first-order valence-electron chi connectivity index (χ1n) is 9.05. The number of H-pyrrole nitrogens is 1. The molecule has 0 saturated carbocycles. The minimum absolute atomic E-state index is 0.239. The van der Waals surface area contributed by atoms with Crippen molar-refractivity contribution in [2.75, 3.05) is 32.5 Å². The molecule has 1 aliphatic heterocycles. The Balaban J connectivity index is 1.71. The molecule has 3 rings (SSSR count). The van der Waals surface area contributed by atoms with Gasteiger partial charge in [-0.1, -0.05) is 0 Å². The number of aryl methyl sites for hydroxylation is 2. The number of rotatable bonds is 6. The number of anilines is 2. The summed E-state index contributed by atoms with van der Waals surface area (Å²) in [5, 5.41) is 10.2. The third kappa shape index (κ3) is 4.82. The van der Waals surface area contributed by atoms with E-state index in [1.165, 1.54) is 4.31 Å². The van der Waals surface area contributed by atoms with Gasteiger partial charge >= 0.3 is 0 Å². The molecule has 0 aliphatic carbocycles. The molecule has 1 atom stereocenters. The number of hydrogen-bond acceptors (Lipinski definition) is 6. The Kier molecular flexibility index (Phi) is 5.78. The number of piperidine rings is 1. The highest BCUT2D eigenvalue weighted by atomic mass is 32.2. The van der Waals surface area contributed by atoms with Crippen LogP contribution < -0.4 is 5.32 Å². The highest BCUT2D eigenvalue weighted by molar-refractivity contribution is 7.86. The van der Waals surface area contributed by atoms with Crippen molar-refractivity contribution in [1.82, 2.24) is 28.8 Å². The quantitative estimate of drug-likeness (QED) is 0.772. The van der Waals surface area contributed by atoms with Crippen LogP contribution in [0.25, 0.3) is 0 Å². The van der Waals surface area contributed by atoms with Gasteiger partial charge in [-0.2, -0.15) is 22.1 Å². The number of hydrogen-bond donors (Lipinski definition) is 2. The van der Waals surface area contributed by atoms with E-state index in [1.807, 2.05) is 26.0 Å². The van der Waals surface area contributed by atoms with Crippen molar-refractivity contribution in [3.8, 4) is 0 Å². The molecule has 10 heteroatoms. The molecule has 9 nitrogen and oxygen atoms in total. The van der Waals surface area contributed by atoms with Gasteiger partial charge in [-0.15, -0.1) is 0 Å². The Morgan fingerprint density at radius 1 is 1.26 bits per heavy atom. The summed E-state index contributed by atoms with van der Waals surface area (Å²) in [6, 6.07) is 3.82. The van der Waals surface area contributed by atoms with Crippen LogP contribution in [0.4, 0.5) is 11.6 Å². The molecule has 2 aromatic rings. The molecular formula is C17H27N7O2S. The van der Waals surface area contributed by atoms with Crippen LogP contribution >= 0.6 is 0 Å². The van der Waals surface area contributed by atoms with Crippen molar-refractivity contribution in [3.05, 3.63) is 29.3 Å². The molecule has 0 amide bonds. The summed E-state index contributed by atoms with van der Waals surface area (Å²) in [4.78, 5) is 8.96. The largest absolute Gasteiger partial charge is 0.323 e. The lowest BCUT2D eigenvalue weighted by atomic mass is 9.94. The number of nitrogens with zero attached hydrogens (tertiary/aromatic N) is 5. The van der Waals surface area contributed by atoms with Crippen molar-refractivity contribution in [1.29, 1.82) is 0 Å². The molecule has 27 heavy (non-hydrogen) atoms. The summed E-state index contributed by atoms with van der Waals surface area (Å²) in [5.74, 6) is 2.31. The van der Waals surface area contributed by atoms with Gasteiger partial charge in [0.05, 0.1) is 0 Å². The number of nitrogens with one attached hydrogen (secondary N) is 2. The van der Waals surface area contributed by atoms with Gasteiger partial charge in [0.1, 0.15) is 11.6 Å². The summed E-state index contributed by atoms with van der Waals surface area (Å²) in [6.07, 6.45) is 2.57. The Labute approximate surface area is 160 Å². The maximum Gasteiger partial charge on any atom is 0.281 e. The smallest absolute Gasteiger partial charge is 0.281 e. The van der Waals surface area contributed by atoms with Gasteiger partial charge in [-0.05, 0) is 39.0 Å². The Hall–Kier alpha value is -2.04. The highest BCUT2D eigenvalue weighted by Gasteiger charge is 2.30. The van der Waals surface area contributed by atoms with Crippen molar-refractivity contribution in [2.45, 2.75) is 33.1 Å². The maximum atomic E-state index is 12.4. The van der Waals surface area contributed by atoms with Gasteiger partial charge in [0, 0.05) is 50.7 Å².